The number of benzene rings is 2. The van der Waals surface area contributed by atoms with E-state index in [9.17, 15) is 9.59 Å². The van der Waals surface area contributed by atoms with Crippen molar-refractivity contribution in [1.82, 2.24) is 0 Å². The molecule has 7 nitrogen and oxygen atoms in total. The van der Waals surface area contributed by atoms with Crippen LogP contribution in [0.15, 0.2) is 57.7 Å². The van der Waals surface area contributed by atoms with Crippen molar-refractivity contribution in [1.29, 1.82) is 0 Å². The highest BCUT2D eigenvalue weighted by Gasteiger charge is 2.21. The van der Waals surface area contributed by atoms with Gasteiger partial charge in [-0.05, 0) is 49.2 Å². The number of urea groups is 1. The Morgan fingerprint density at radius 3 is 2.43 bits per heavy atom. The molecule has 0 radical (unpaired) electrons. The first kappa shape index (κ1) is 19.8. The topological polar surface area (TPSA) is 92.6 Å². The minimum absolute atomic E-state index is 0.116. The second-order valence-electron chi connectivity index (χ2n) is 7.42. The first-order valence-electron chi connectivity index (χ1n) is 10.2. The summed E-state index contributed by atoms with van der Waals surface area (Å²) < 4.78 is 10.6. The number of methoxy groups -OCH3 is 1. The number of ether oxygens (including phenoxy) is 1. The summed E-state index contributed by atoms with van der Waals surface area (Å²) >= 11 is 0. The van der Waals surface area contributed by atoms with Gasteiger partial charge in [0.15, 0.2) is 5.69 Å². The third kappa shape index (κ3) is 4.40. The standard InChI is InChI=1S/C23H25N3O4/c1-29-17-13-11-16(12-14-17)25-23(28)26-21-20(24-15-7-3-2-4-8-15)18-9-5-6-10-19(18)30-22(21)27/h5-6,9-15,24H,2-4,7-8H2,1H3,(H2,25,26,28). The van der Waals surface area contributed by atoms with Gasteiger partial charge in [0.2, 0.25) is 0 Å². The number of carbonyl (C=O) groups excluding carboxylic acids is 1. The van der Waals surface area contributed by atoms with E-state index in [2.05, 4.69) is 16.0 Å². The lowest BCUT2D eigenvalue weighted by Gasteiger charge is -2.25. The molecule has 156 valence electrons. The summed E-state index contributed by atoms with van der Waals surface area (Å²) in [6.45, 7) is 0. The SMILES string of the molecule is COc1ccc(NC(=O)Nc2c(NC3CCCCC3)c3ccccc3oc2=O)cc1. The number of anilines is 3. The molecular formula is C23H25N3O4. The Morgan fingerprint density at radius 1 is 0.967 bits per heavy atom. The Kier molecular flexibility index (Phi) is 5.88. The molecule has 1 heterocycles. The van der Waals surface area contributed by atoms with Gasteiger partial charge in [-0.15, -0.1) is 0 Å². The summed E-state index contributed by atoms with van der Waals surface area (Å²) in [4.78, 5) is 25.3. The summed E-state index contributed by atoms with van der Waals surface area (Å²) in [5, 5.41) is 9.69. The number of hydrogen-bond donors (Lipinski definition) is 3. The third-order valence-corrected chi connectivity index (χ3v) is 5.35. The van der Waals surface area contributed by atoms with Crippen LogP contribution in [0.5, 0.6) is 5.75 Å². The van der Waals surface area contributed by atoms with Crippen LogP contribution < -0.4 is 26.3 Å². The average Bonchev–Trinajstić information content (AvgIpc) is 2.77. The van der Waals surface area contributed by atoms with Crippen LogP contribution in [-0.4, -0.2) is 19.2 Å². The molecule has 3 N–H and O–H groups in total. The number of nitrogens with one attached hydrogen (secondary N) is 3. The minimum Gasteiger partial charge on any atom is -0.497 e. The number of carbonyl (C=O) groups is 1. The van der Waals surface area contributed by atoms with Crippen molar-refractivity contribution < 1.29 is 13.9 Å². The first-order chi connectivity index (χ1) is 14.6. The van der Waals surface area contributed by atoms with Crippen LogP contribution in [0.3, 0.4) is 0 Å². The molecule has 4 rings (SSSR count). The molecule has 1 aliphatic carbocycles. The molecule has 2 aromatic carbocycles. The monoisotopic (exact) mass is 407 g/mol. The highest BCUT2D eigenvalue weighted by atomic mass is 16.5. The van der Waals surface area contributed by atoms with Gasteiger partial charge in [-0.2, -0.15) is 0 Å². The fourth-order valence-corrected chi connectivity index (χ4v) is 3.81. The van der Waals surface area contributed by atoms with Crippen molar-refractivity contribution in [3.8, 4) is 5.75 Å². The maximum atomic E-state index is 12.7. The van der Waals surface area contributed by atoms with E-state index in [4.69, 9.17) is 9.15 Å². The maximum absolute atomic E-state index is 12.7. The molecule has 0 saturated heterocycles. The largest absolute Gasteiger partial charge is 0.497 e. The molecule has 1 aromatic heterocycles. The van der Waals surface area contributed by atoms with E-state index in [-0.39, 0.29) is 11.7 Å². The van der Waals surface area contributed by atoms with Crippen LogP contribution in [0.2, 0.25) is 0 Å². The zero-order valence-electron chi connectivity index (χ0n) is 16.9. The lowest BCUT2D eigenvalue weighted by atomic mass is 9.95. The van der Waals surface area contributed by atoms with Crippen molar-refractivity contribution in [3.63, 3.8) is 0 Å². The van der Waals surface area contributed by atoms with Gasteiger partial charge in [-0.1, -0.05) is 31.4 Å². The molecule has 1 saturated carbocycles. The number of para-hydroxylation sites is 1. The Morgan fingerprint density at radius 2 is 1.70 bits per heavy atom. The van der Waals surface area contributed by atoms with E-state index >= 15 is 0 Å². The predicted molar refractivity (Wildman–Crippen MR) is 119 cm³/mol. The molecular weight excluding hydrogens is 382 g/mol. The molecule has 0 bridgehead atoms. The molecule has 7 heteroatoms. The van der Waals surface area contributed by atoms with E-state index in [0.29, 0.717) is 22.7 Å². The fourth-order valence-electron chi connectivity index (χ4n) is 3.81. The summed E-state index contributed by atoms with van der Waals surface area (Å²) in [5.41, 5.74) is 1.21. The molecule has 3 aromatic rings. The van der Waals surface area contributed by atoms with Crippen molar-refractivity contribution in [3.05, 3.63) is 59.0 Å². The molecule has 2 amide bonds. The van der Waals surface area contributed by atoms with Crippen LogP contribution in [0, 0.1) is 0 Å². The van der Waals surface area contributed by atoms with E-state index in [1.165, 1.54) is 6.42 Å². The van der Waals surface area contributed by atoms with Crippen molar-refractivity contribution in [2.75, 3.05) is 23.1 Å². The predicted octanol–water partition coefficient (Wildman–Crippen LogP) is 5.19. The maximum Gasteiger partial charge on any atom is 0.362 e. The summed E-state index contributed by atoms with van der Waals surface area (Å²) in [7, 11) is 1.58. The smallest absolute Gasteiger partial charge is 0.362 e. The molecule has 1 aliphatic rings. The van der Waals surface area contributed by atoms with Gasteiger partial charge in [0, 0.05) is 17.1 Å². The summed E-state index contributed by atoms with van der Waals surface area (Å²) in [5.74, 6) is 0.690. The van der Waals surface area contributed by atoms with Gasteiger partial charge in [0.25, 0.3) is 0 Å². The van der Waals surface area contributed by atoms with Gasteiger partial charge in [-0.3, -0.25) is 5.32 Å². The van der Waals surface area contributed by atoms with Crippen LogP contribution >= 0.6 is 0 Å². The number of fused-ring (bicyclic) bond motifs is 1. The van der Waals surface area contributed by atoms with Gasteiger partial charge in [-0.25, -0.2) is 9.59 Å². The summed E-state index contributed by atoms with van der Waals surface area (Å²) in [6.07, 6.45) is 5.60. The number of hydrogen-bond acceptors (Lipinski definition) is 5. The first-order valence-corrected chi connectivity index (χ1v) is 10.2. The lowest BCUT2D eigenvalue weighted by Crippen LogP contribution is -2.27. The average molecular weight is 407 g/mol. The van der Waals surface area contributed by atoms with Gasteiger partial charge in [0.05, 0.1) is 12.8 Å². The van der Waals surface area contributed by atoms with E-state index in [0.717, 1.165) is 31.1 Å². The Hall–Kier alpha value is -3.48. The van der Waals surface area contributed by atoms with Crippen LogP contribution in [-0.2, 0) is 0 Å². The van der Waals surface area contributed by atoms with Crippen LogP contribution in [0.1, 0.15) is 32.1 Å². The van der Waals surface area contributed by atoms with E-state index < -0.39 is 11.7 Å². The zero-order valence-corrected chi connectivity index (χ0v) is 16.9. The fraction of sp³-hybridized carbons (Fsp3) is 0.304. The molecule has 0 spiro atoms. The molecule has 0 atom stereocenters. The lowest BCUT2D eigenvalue weighted by molar-refractivity contribution is 0.262. The second kappa shape index (κ2) is 8.90. The normalized spacial score (nSPS) is 14.3. The highest BCUT2D eigenvalue weighted by molar-refractivity contribution is 6.05. The van der Waals surface area contributed by atoms with E-state index in [1.807, 2.05) is 18.2 Å². The second-order valence-corrected chi connectivity index (χ2v) is 7.42. The Bertz CT molecular complexity index is 1090. The minimum atomic E-state index is -0.586. The Labute approximate surface area is 174 Å². The van der Waals surface area contributed by atoms with Crippen molar-refractivity contribution >= 4 is 34.1 Å². The molecule has 30 heavy (non-hydrogen) atoms. The number of rotatable bonds is 5. The van der Waals surface area contributed by atoms with Crippen LogP contribution in [0.25, 0.3) is 11.0 Å². The Balaban J connectivity index is 1.62. The summed E-state index contributed by atoms with van der Waals surface area (Å²) in [6, 6.07) is 14.0. The third-order valence-electron chi connectivity index (χ3n) is 5.35. The molecule has 0 unspecified atom stereocenters. The van der Waals surface area contributed by atoms with E-state index in [1.54, 1.807) is 37.4 Å². The zero-order chi connectivity index (χ0) is 20.9. The number of amides is 2. The van der Waals surface area contributed by atoms with Crippen molar-refractivity contribution in [2.24, 2.45) is 0 Å². The van der Waals surface area contributed by atoms with Crippen LogP contribution in [0.4, 0.5) is 21.9 Å². The quantitative estimate of drug-likeness (QED) is 0.506. The molecule has 0 aliphatic heterocycles. The van der Waals surface area contributed by atoms with Gasteiger partial charge >= 0.3 is 11.7 Å². The highest BCUT2D eigenvalue weighted by Crippen LogP contribution is 2.32. The van der Waals surface area contributed by atoms with Gasteiger partial charge < -0.3 is 19.8 Å². The van der Waals surface area contributed by atoms with Crippen molar-refractivity contribution in [2.45, 2.75) is 38.1 Å². The molecule has 1 fully saturated rings. The van der Waals surface area contributed by atoms with Gasteiger partial charge in [0.1, 0.15) is 11.3 Å².